The normalized spacial score (nSPS) is 12.4. The lowest BCUT2D eigenvalue weighted by Gasteiger charge is -2.18. The molecule has 1 N–H and O–H groups in total. The molecule has 94 valence electrons. The maximum absolute atomic E-state index is 6.05. The van der Waals surface area contributed by atoms with E-state index in [4.69, 9.17) is 34.8 Å². The van der Waals surface area contributed by atoms with Gasteiger partial charge in [-0.25, -0.2) is 0 Å². The maximum Gasteiger partial charge on any atom is 0.0595 e. The smallest absolute Gasteiger partial charge is 0.0595 e. The molecule has 0 aliphatic heterocycles. The fraction of sp³-hybridized carbons (Fsp3) is 0.143. The van der Waals surface area contributed by atoms with Gasteiger partial charge in [0.1, 0.15) is 0 Å². The monoisotopic (exact) mass is 299 g/mol. The predicted molar refractivity (Wildman–Crippen MR) is 78.8 cm³/mol. The molecule has 0 fully saturated rings. The molecular weight excluding hydrogens is 289 g/mol. The Bertz CT molecular complexity index is 554. The van der Waals surface area contributed by atoms with Crippen molar-refractivity contribution in [2.45, 2.75) is 6.04 Å². The zero-order chi connectivity index (χ0) is 13.1. The highest BCUT2D eigenvalue weighted by Gasteiger charge is 2.13. The molecule has 0 saturated heterocycles. The average molecular weight is 301 g/mol. The largest absolute Gasteiger partial charge is 0.309 e. The van der Waals surface area contributed by atoms with Gasteiger partial charge in [0.05, 0.1) is 16.1 Å². The first-order valence-corrected chi connectivity index (χ1v) is 6.63. The SMILES string of the molecule is CNC(c1cccc(Cl)c1)c1ccc(Cl)c(Cl)c1. The lowest BCUT2D eigenvalue weighted by Crippen LogP contribution is -2.17. The van der Waals surface area contributed by atoms with Crippen LogP contribution in [0.25, 0.3) is 0 Å². The van der Waals surface area contributed by atoms with E-state index in [0.29, 0.717) is 15.1 Å². The van der Waals surface area contributed by atoms with Crippen molar-refractivity contribution in [1.29, 1.82) is 0 Å². The van der Waals surface area contributed by atoms with Crippen LogP contribution >= 0.6 is 34.8 Å². The highest BCUT2D eigenvalue weighted by molar-refractivity contribution is 6.42. The van der Waals surface area contributed by atoms with Gasteiger partial charge in [0.25, 0.3) is 0 Å². The van der Waals surface area contributed by atoms with Gasteiger partial charge in [-0.3, -0.25) is 0 Å². The Balaban J connectivity index is 2.42. The molecule has 0 aliphatic rings. The van der Waals surface area contributed by atoms with Crippen molar-refractivity contribution in [3.05, 3.63) is 68.7 Å². The van der Waals surface area contributed by atoms with Crippen molar-refractivity contribution in [3.8, 4) is 0 Å². The standard InChI is InChI=1S/C14H12Cl3N/c1-18-14(9-3-2-4-11(15)7-9)10-5-6-12(16)13(17)8-10/h2-8,14,18H,1H3. The zero-order valence-corrected chi connectivity index (χ0v) is 12.0. The van der Waals surface area contributed by atoms with Crippen LogP contribution in [0.2, 0.25) is 15.1 Å². The summed E-state index contributed by atoms with van der Waals surface area (Å²) in [4.78, 5) is 0. The second-order valence-corrected chi connectivity index (χ2v) is 5.20. The Morgan fingerprint density at radius 1 is 0.889 bits per heavy atom. The van der Waals surface area contributed by atoms with E-state index >= 15 is 0 Å². The van der Waals surface area contributed by atoms with Gasteiger partial charge in [-0.05, 0) is 42.4 Å². The topological polar surface area (TPSA) is 12.0 Å². The minimum atomic E-state index is 0.0402. The number of halogens is 3. The number of hydrogen-bond acceptors (Lipinski definition) is 1. The summed E-state index contributed by atoms with van der Waals surface area (Å²) in [6.07, 6.45) is 0. The summed E-state index contributed by atoms with van der Waals surface area (Å²) in [7, 11) is 1.90. The van der Waals surface area contributed by atoms with Gasteiger partial charge < -0.3 is 5.32 Å². The summed E-state index contributed by atoms with van der Waals surface area (Å²) < 4.78 is 0. The van der Waals surface area contributed by atoms with E-state index in [1.165, 1.54) is 0 Å². The van der Waals surface area contributed by atoms with Crippen molar-refractivity contribution in [1.82, 2.24) is 5.32 Å². The fourth-order valence-electron chi connectivity index (χ4n) is 1.90. The molecule has 0 heterocycles. The number of benzene rings is 2. The van der Waals surface area contributed by atoms with Crippen molar-refractivity contribution in [3.63, 3.8) is 0 Å². The van der Waals surface area contributed by atoms with Crippen LogP contribution in [0.5, 0.6) is 0 Å². The van der Waals surface area contributed by atoms with Crippen LogP contribution in [-0.2, 0) is 0 Å². The van der Waals surface area contributed by atoms with Crippen LogP contribution in [0.4, 0.5) is 0 Å². The maximum atomic E-state index is 6.05. The van der Waals surface area contributed by atoms with E-state index in [1.54, 1.807) is 6.07 Å². The highest BCUT2D eigenvalue weighted by atomic mass is 35.5. The highest BCUT2D eigenvalue weighted by Crippen LogP contribution is 2.29. The average Bonchev–Trinajstić information content (AvgIpc) is 2.35. The van der Waals surface area contributed by atoms with Crippen LogP contribution in [0.3, 0.4) is 0 Å². The molecule has 4 heteroatoms. The van der Waals surface area contributed by atoms with Gasteiger partial charge in [-0.1, -0.05) is 53.0 Å². The van der Waals surface area contributed by atoms with Crippen molar-refractivity contribution in [2.75, 3.05) is 7.05 Å². The number of rotatable bonds is 3. The third kappa shape index (κ3) is 2.99. The Hall–Kier alpha value is -0.730. The van der Waals surface area contributed by atoms with Crippen molar-refractivity contribution in [2.24, 2.45) is 0 Å². The van der Waals surface area contributed by atoms with Gasteiger partial charge in [-0.15, -0.1) is 0 Å². The van der Waals surface area contributed by atoms with Crippen LogP contribution in [0.1, 0.15) is 17.2 Å². The molecule has 0 amide bonds. The first-order valence-electron chi connectivity index (χ1n) is 5.49. The summed E-state index contributed by atoms with van der Waals surface area (Å²) in [5, 5.41) is 5.07. The molecule has 1 atom stereocenters. The molecule has 0 radical (unpaired) electrons. The Morgan fingerprint density at radius 3 is 2.22 bits per heavy atom. The first kappa shape index (κ1) is 13.7. The molecule has 0 aliphatic carbocycles. The number of hydrogen-bond donors (Lipinski definition) is 1. The van der Waals surface area contributed by atoms with E-state index in [0.717, 1.165) is 11.1 Å². The zero-order valence-electron chi connectivity index (χ0n) is 9.75. The third-order valence-electron chi connectivity index (χ3n) is 2.75. The predicted octanol–water partition coefficient (Wildman–Crippen LogP) is 4.96. The van der Waals surface area contributed by atoms with E-state index in [9.17, 15) is 0 Å². The fourth-order valence-corrected chi connectivity index (χ4v) is 2.41. The van der Waals surface area contributed by atoms with Gasteiger partial charge in [-0.2, -0.15) is 0 Å². The molecular formula is C14H12Cl3N. The van der Waals surface area contributed by atoms with Crippen LogP contribution < -0.4 is 5.32 Å². The summed E-state index contributed by atoms with van der Waals surface area (Å²) >= 11 is 18.0. The van der Waals surface area contributed by atoms with Crippen LogP contribution in [-0.4, -0.2) is 7.05 Å². The molecule has 2 aromatic carbocycles. The number of nitrogens with one attached hydrogen (secondary N) is 1. The minimum absolute atomic E-state index is 0.0402. The molecule has 2 rings (SSSR count). The lowest BCUT2D eigenvalue weighted by atomic mass is 9.99. The third-order valence-corrected chi connectivity index (χ3v) is 3.72. The molecule has 2 aromatic rings. The van der Waals surface area contributed by atoms with Gasteiger partial charge in [0.15, 0.2) is 0 Å². The molecule has 18 heavy (non-hydrogen) atoms. The second kappa shape index (κ2) is 5.94. The molecule has 0 saturated carbocycles. The van der Waals surface area contributed by atoms with Crippen molar-refractivity contribution < 1.29 is 0 Å². The van der Waals surface area contributed by atoms with E-state index in [2.05, 4.69) is 5.32 Å². The first-order chi connectivity index (χ1) is 8.61. The van der Waals surface area contributed by atoms with Gasteiger partial charge >= 0.3 is 0 Å². The summed E-state index contributed by atoms with van der Waals surface area (Å²) in [6, 6.07) is 13.4. The quantitative estimate of drug-likeness (QED) is 0.845. The summed E-state index contributed by atoms with van der Waals surface area (Å²) in [6.45, 7) is 0. The van der Waals surface area contributed by atoms with Gasteiger partial charge in [0, 0.05) is 5.02 Å². The van der Waals surface area contributed by atoms with Crippen LogP contribution in [0.15, 0.2) is 42.5 Å². The van der Waals surface area contributed by atoms with Crippen LogP contribution in [0, 0.1) is 0 Å². The van der Waals surface area contributed by atoms with Crippen molar-refractivity contribution >= 4 is 34.8 Å². The Labute approximate surface area is 122 Å². The molecule has 0 aromatic heterocycles. The molecule has 0 spiro atoms. The molecule has 0 bridgehead atoms. The van der Waals surface area contributed by atoms with E-state index in [1.807, 2.05) is 43.4 Å². The lowest BCUT2D eigenvalue weighted by molar-refractivity contribution is 0.692. The van der Waals surface area contributed by atoms with Gasteiger partial charge in [0.2, 0.25) is 0 Å². The summed E-state index contributed by atoms with van der Waals surface area (Å²) in [5.41, 5.74) is 2.14. The summed E-state index contributed by atoms with van der Waals surface area (Å²) in [5.74, 6) is 0. The Morgan fingerprint density at radius 2 is 1.61 bits per heavy atom. The molecule has 1 nitrogen and oxygen atoms in total. The van der Waals surface area contributed by atoms with E-state index in [-0.39, 0.29) is 6.04 Å². The second-order valence-electron chi connectivity index (χ2n) is 3.95. The minimum Gasteiger partial charge on any atom is -0.309 e. The van der Waals surface area contributed by atoms with E-state index < -0.39 is 0 Å². The molecule has 1 unspecified atom stereocenters. The Kier molecular flexibility index (Phi) is 4.52.